The first-order valence-electron chi connectivity index (χ1n) is 9.59. The molecule has 0 saturated carbocycles. The van der Waals surface area contributed by atoms with E-state index in [1.807, 2.05) is 42.7 Å². The molecule has 0 spiro atoms. The molecule has 7 heteroatoms. The van der Waals surface area contributed by atoms with E-state index in [9.17, 15) is 4.79 Å². The number of para-hydroxylation sites is 1. The summed E-state index contributed by atoms with van der Waals surface area (Å²) in [5.74, 6) is 0.830. The number of nitrogens with zero attached hydrogens (tertiary/aromatic N) is 3. The quantitative estimate of drug-likeness (QED) is 0.356. The number of benzene rings is 2. The highest BCUT2D eigenvalue weighted by atomic mass is 35.5. The van der Waals surface area contributed by atoms with Gasteiger partial charge in [0.1, 0.15) is 5.52 Å². The molecule has 0 radical (unpaired) electrons. The van der Waals surface area contributed by atoms with Crippen LogP contribution < -0.4 is 11.1 Å². The van der Waals surface area contributed by atoms with Crippen LogP contribution in [-0.2, 0) is 12.4 Å². The monoisotopic (exact) mass is 407 g/mol. The summed E-state index contributed by atoms with van der Waals surface area (Å²) in [6.07, 6.45) is 3.59. The number of nitrogens with two attached hydrogens (primary N) is 1. The number of imidazole rings is 1. The number of anilines is 1. The van der Waals surface area contributed by atoms with E-state index in [1.165, 1.54) is 0 Å². The number of alkyl halides is 1. The molecule has 2 aromatic heterocycles. The summed E-state index contributed by atoms with van der Waals surface area (Å²) in [5, 5.41) is 4.01. The van der Waals surface area contributed by atoms with Crippen LogP contribution in [0.3, 0.4) is 0 Å². The number of fused-ring (bicyclic) bond motifs is 3. The third-order valence-corrected chi connectivity index (χ3v) is 5.27. The van der Waals surface area contributed by atoms with Gasteiger partial charge in [0, 0.05) is 29.9 Å². The average Bonchev–Trinajstić information content (AvgIpc) is 3.18. The number of amides is 1. The number of aromatic nitrogens is 3. The number of halogens is 1. The Morgan fingerprint density at radius 1 is 1.10 bits per heavy atom. The number of carbonyl (C=O) groups excluding carboxylic acids is 1. The first-order chi connectivity index (χ1) is 14.2. The van der Waals surface area contributed by atoms with E-state index in [2.05, 4.69) is 19.9 Å². The third kappa shape index (κ3) is 4.03. The van der Waals surface area contributed by atoms with E-state index >= 15 is 0 Å². The molecule has 6 nitrogen and oxygen atoms in total. The highest BCUT2D eigenvalue weighted by molar-refractivity contribution is 6.17. The maximum atomic E-state index is 12.2. The Labute approximate surface area is 173 Å². The zero-order chi connectivity index (χ0) is 20.2. The lowest BCUT2D eigenvalue weighted by Crippen LogP contribution is -2.24. The largest absolute Gasteiger partial charge is 0.382 e. The van der Waals surface area contributed by atoms with Gasteiger partial charge in [0.15, 0.2) is 5.82 Å². The third-order valence-electron chi connectivity index (χ3n) is 4.96. The summed E-state index contributed by atoms with van der Waals surface area (Å²) in [7, 11) is 0. The predicted octanol–water partition coefficient (Wildman–Crippen LogP) is 4.12. The highest BCUT2D eigenvalue weighted by Gasteiger charge is 2.12. The standard InChI is InChI=1S/C22H22ClN5O/c23-13-15-7-9-16(10-8-15)22(29)25-11-3-4-12-28-14-26-19-20(28)17-5-1-2-6-18(17)27-21(19)24/h1-2,5-10,14H,3-4,11-13H2,(H2,24,27)(H,25,29). The molecule has 0 aliphatic rings. The molecule has 0 unspecified atom stereocenters. The first kappa shape index (κ1) is 19.2. The Morgan fingerprint density at radius 2 is 1.90 bits per heavy atom. The first-order valence-corrected chi connectivity index (χ1v) is 10.1. The van der Waals surface area contributed by atoms with E-state index in [-0.39, 0.29) is 5.91 Å². The number of nitrogen functional groups attached to an aromatic ring is 1. The Morgan fingerprint density at radius 3 is 2.69 bits per heavy atom. The fourth-order valence-corrected chi connectivity index (χ4v) is 3.61. The molecule has 3 N–H and O–H groups in total. The van der Waals surface area contributed by atoms with Crippen molar-refractivity contribution in [3.63, 3.8) is 0 Å². The lowest BCUT2D eigenvalue weighted by molar-refractivity contribution is 0.0953. The maximum absolute atomic E-state index is 12.2. The van der Waals surface area contributed by atoms with Crippen LogP contribution in [0.15, 0.2) is 54.9 Å². The number of unbranched alkanes of at least 4 members (excludes halogenated alkanes) is 1. The summed E-state index contributed by atoms with van der Waals surface area (Å²) < 4.78 is 2.11. The molecule has 4 aromatic rings. The molecule has 0 saturated heterocycles. The molecule has 0 bridgehead atoms. The Bertz CT molecular complexity index is 1150. The van der Waals surface area contributed by atoms with Crippen molar-refractivity contribution >= 4 is 45.3 Å². The van der Waals surface area contributed by atoms with Crippen LogP contribution in [0, 0.1) is 0 Å². The van der Waals surface area contributed by atoms with Gasteiger partial charge in [0.2, 0.25) is 0 Å². The zero-order valence-corrected chi connectivity index (χ0v) is 16.7. The maximum Gasteiger partial charge on any atom is 0.251 e. The van der Waals surface area contributed by atoms with Gasteiger partial charge in [0.25, 0.3) is 5.91 Å². The van der Waals surface area contributed by atoms with Crippen molar-refractivity contribution in [1.82, 2.24) is 19.9 Å². The van der Waals surface area contributed by atoms with Crippen LogP contribution in [0.25, 0.3) is 21.9 Å². The number of pyridine rings is 1. The van der Waals surface area contributed by atoms with Crippen molar-refractivity contribution < 1.29 is 4.79 Å². The molecule has 0 aliphatic heterocycles. The second kappa shape index (κ2) is 8.49. The van der Waals surface area contributed by atoms with Crippen molar-refractivity contribution in [2.24, 2.45) is 0 Å². The SMILES string of the molecule is Nc1nc2ccccc2c2c1ncn2CCCCNC(=O)c1ccc(CCl)cc1. The van der Waals surface area contributed by atoms with Crippen LogP contribution in [0.4, 0.5) is 5.82 Å². The highest BCUT2D eigenvalue weighted by Crippen LogP contribution is 2.27. The van der Waals surface area contributed by atoms with E-state index in [0.717, 1.165) is 46.9 Å². The normalized spacial score (nSPS) is 11.2. The fraction of sp³-hybridized carbons (Fsp3) is 0.227. The van der Waals surface area contributed by atoms with Crippen LogP contribution >= 0.6 is 11.6 Å². The van der Waals surface area contributed by atoms with Gasteiger partial charge in [-0.3, -0.25) is 4.79 Å². The van der Waals surface area contributed by atoms with Crippen molar-refractivity contribution in [2.75, 3.05) is 12.3 Å². The van der Waals surface area contributed by atoms with Crippen molar-refractivity contribution in [2.45, 2.75) is 25.3 Å². The lowest BCUT2D eigenvalue weighted by atomic mass is 10.1. The van der Waals surface area contributed by atoms with Crippen LogP contribution in [0.2, 0.25) is 0 Å². The van der Waals surface area contributed by atoms with Crippen LogP contribution in [0.5, 0.6) is 0 Å². The van der Waals surface area contributed by atoms with E-state index in [1.54, 1.807) is 12.1 Å². The smallest absolute Gasteiger partial charge is 0.251 e. The average molecular weight is 408 g/mol. The second-order valence-electron chi connectivity index (χ2n) is 6.94. The number of rotatable bonds is 7. The molecule has 148 valence electrons. The van der Waals surface area contributed by atoms with Crippen LogP contribution in [-0.4, -0.2) is 27.0 Å². The lowest BCUT2D eigenvalue weighted by Gasteiger charge is -2.09. The molecule has 4 rings (SSSR count). The molecule has 29 heavy (non-hydrogen) atoms. The summed E-state index contributed by atoms with van der Waals surface area (Å²) in [5.41, 5.74) is 10.3. The van der Waals surface area contributed by atoms with E-state index in [4.69, 9.17) is 17.3 Å². The minimum atomic E-state index is -0.0657. The second-order valence-corrected chi connectivity index (χ2v) is 7.21. The van der Waals surface area contributed by atoms with Gasteiger partial charge in [0.05, 0.1) is 17.4 Å². The van der Waals surface area contributed by atoms with Gasteiger partial charge in [-0.1, -0.05) is 30.3 Å². The van der Waals surface area contributed by atoms with Crippen LogP contribution in [0.1, 0.15) is 28.8 Å². The number of hydrogen-bond acceptors (Lipinski definition) is 4. The zero-order valence-electron chi connectivity index (χ0n) is 15.9. The molecule has 0 atom stereocenters. The number of nitrogens with one attached hydrogen (secondary N) is 1. The van der Waals surface area contributed by atoms with Gasteiger partial charge in [-0.15, -0.1) is 11.6 Å². The molecule has 0 aliphatic carbocycles. The molecule has 0 fully saturated rings. The van der Waals surface area contributed by atoms with Gasteiger partial charge in [-0.25, -0.2) is 9.97 Å². The van der Waals surface area contributed by atoms with Gasteiger partial charge >= 0.3 is 0 Å². The van der Waals surface area contributed by atoms with Gasteiger partial charge in [-0.05, 0) is 36.6 Å². The number of aryl methyl sites for hydroxylation is 1. The van der Waals surface area contributed by atoms with Crippen molar-refractivity contribution in [3.8, 4) is 0 Å². The Balaban J connectivity index is 1.36. The Kier molecular flexibility index (Phi) is 5.62. The topological polar surface area (TPSA) is 85.8 Å². The van der Waals surface area contributed by atoms with E-state index < -0.39 is 0 Å². The summed E-state index contributed by atoms with van der Waals surface area (Å²) >= 11 is 5.78. The summed E-state index contributed by atoms with van der Waals surface area (Å²) in [6, 6.07) is 15.3. The van der Waals surface area contributed by atoms with Crippen molar-refractivity contribution in [3.05, 3.63) is 66.0 Å². The number of hydrogen-bond donors (Lipinski definition) is 2. The van der Waals surface area contributed by atoms with E-state index in [0.29, 0.717) is 23.8 Å². The van der Waals surface area contributed by atoms with Gasteiger partial charge in [-0.2, -0.15) is 0 Å². The minimum absolute atomic E-state index is 0.0657. The molecular weight excluding hydrogens is 386 g/mol. The molecule has 2 heterocycles. The predicted molar refractivity (Wildman–Crippen MR) is 117 cm³/mol. The molecular formula is C22H22ClN5O. The summed E-state index contributed by atoms with van der Waals surface area (Å²) in [4.78, 5) is 21.1. The minimum Gasteiger partial charge on any atom is -0.382 e. The Hall–Kier alpha value is -3.12. The number of carbonyl (C=O) groups is 1. The fourth-order valence-electron chi connectivity index (χ4n) is 3.43. The molecule has 1 amide bonds. The van der Waals surface area contributed by atoms with Gasteiger partial charge < -0.3 is 15.6 Å². The molecule has 2 aromatic carbocycles. The summed E-state index contributed by atoms with van der Waals surface area (Å²) in [6.45, 7) is 1.41. The van der Waals surface area contributed by atoms with Crippen molar-refractivity contribution in [1.29, 1.82) is 0 Å².